The predicted molar refractivity (Wildman–Crippen MR) is 176 cm³/mol. The standard InChI is InChI=1S/C39H33OP/c1-28-10-4-7-13-37(28)31-16-22-34(23-17-31)41(40,35-24-18-32(19-25-35)38-14-8-5-11-29(38)2)36-26-20-33(21-27-36)39-15-9-6-12-30(39)3/h4-27H,1-3H3. The van der Waals surface area contributed by atoms with Gasteiger partial charge in [0.15, 0.2) is 7.14 Å². The van der Waals surface area contributed by atoms with Crippen molar-refractivity contribution in [2.75, 3.05) is 0 Å². The summed E-state index contributed by atoms with van der Waals surface area (Å²) in [6, 6.07) is 50.1. The molecule has 41 heavy (non-hydrogen) atoms. The monoisotopic (exact) mass is 548 g/mol. The first-order valence-corrected chi connectivity index (χ1v) is 15.8. The molecule has 0 radical (unpaired) electrons. The molecule has 0 heterocycles. The van der Waals surface area contributed by atoms with Gasteiger partial charge in [0.05, 0.1) is 0 Å². The van der Waals surface area contributed by atoms with Gasteiger partial charge in [0.25, 0.3) is 0 Å². The van der Waals surface area contributed by atoms with E-state index < -0.39 is 7.14 Å². The van der Waals surface area contributed by atoms with Crippen LogP contribution in [0.1, 0.15) is 16.7 Å². The summed E-state index contributed by atoms with van der Waals surface area (Å²) in [7, 11) is -3.15. The number of rotatable bonds is 6. The van der Waals surface area contributed by atoms with Gasteiger partial charge >= 0.3 is 0 Å². The van der Waals surface area contributed by atoms with Crippen molar-refractivity contribution >= 4 is 23.1 Å². The highest BCUT2D eigenvalue weighted by molar-refractivity contribution is 7.85. The van der Waals surface area contributed by atoms with Gasteiger partial charge in [-0.25, -0.2) is 0 Å². The second kappa shape index (κ2) is 11.2. The maximum Gasteiger partial charge on any atom is 0.171 e. The van der Waals surface area contributed by atoms with Gasteiger partial charge in [0.1, 0.15) is 0 Å². The molecular weight excluding hydrogens is 515 g/mol. The van der Waals surface area contributed by atoms with Crippen LogP contribution >= 0.6 is 7.14 Å². The average Bonchev–Trinajstić information content (AvgIpc) is 3.02. The molecule has 0 spiro atoms. The van der Waals surface area contributed by atoms with Crippen LogP contribution in [0.25, 0.3) is 33.4 Å². The van der Waals surface area contributed by atoms with E-state index in [1.807, 2.05) is 36.4 Å². The molecule has 0 atom stereocenters. The summed E-state index contributed by atoms with van der Waals surface area (Å²) >= 11 is 0. The minimum absolute atomic E-state index is 0.835. The summed E-state index contributed by atoms with van der Waals surface area (Å²) in [5.74, 6) is 0. The predicted octanol–water partition coefficient (Wildman–Crippen LogP) is 9.25. The number of hydrogen-bond donors (Lipinski definition) is 0. The zero-order valence-corrected chi connectivity index (χ0v) is 24.6. The van der Waals surface area contributed by atoms with Gasteiger partial charge < -0.3 is 4.57 Å². The van der Waals surface area contributed by atoms with E-state index >= 15 is 4.57 Å². The maximum absolute atomic E-state index is 15.4. The van der Waals surface area contributed by atoms with Crippen LogP contribution < -0.4 is 15.9 Å². The van der Waals surface area contributed by atoms with Gasteiger partial charge in [-0.15, -0.1) is 0 Å². The average molecular weight is 549 g/mol. The third-order valence-corrected chi connectivity index (χ3v) is 11.1. The quantitative estimate of drug-likeness (QED) is 0.190. The summed E-state index contributed by atoms with van der Waals surface area (Å²) in [6.07, 6.45) is 0. The van der Waals surface area contributed by atoms with Crippen LogP contribution in [-0.4, -0.2) is 0 Å². The Morgan fingerprint density at radius 2 is 0.585 bits per heavy atom. The maximum atomic E-state index is 15.4. The molecule has 6 rings (SSSR count). The molecule has 0 aromatic heterocycles. The minimum atomic E-state index is -3.15. The highest BCUT2D eigenvalue weighted by Crippen LogP contribution is 2.43. The highest BCUT2D eigenvalue weighted by atomic mass is 31.2. The Hall–Kier alpha value is -4.45. The Balaban J connectivity index is 1.46. The Kier molecular flexibility index (Phi) is 7.31. The smallest absolute Gasteiger partial charge is 0.171 e. The summed E-state index contributed by atoms with van der Waals surface area (Å²) in [4.78, 5) is 0. The first-order chi connectivity index (χ1) is 19.9. The first-order valence-electron chi connectivity index (χ1n) is 14.0. The van der Waals surface area contributed by atoms with Gasteiger partial charge in [0, 0.05) is 15.9 Å². The minimum Gasteiger partial charge on any atom is -0.309 e. The van der Waals surface area contributed by atoms with Gasteiger partial charge in [-0.2, -0.15) is 0 Å². The summed E-state index contributed by atoms with van der Waals surface area (Å²) < 4.78 is 15.4. The Labute approximate surface area is 243 Å². The molecule has 1 nitrogen and oxygen atoms in total. The molecule has 0 aliphatic carbocycles. The third kappa shape index (κ3) is 5.10. The van der Waals surface area contributed by atoms with Gasteiger partial charge in [-0.05, 0) is 70.8 Å². The van der Waals surface area contributed by atoms with Crippen LogP contribution in [0.2, 0.25) is 0 Å². The molecule has 0 aliphatic rings. The third-order valence-electron chi connectivity index (χ3n) is 8.06. The molecule has 0 saturated carbocycles. The van der Waals surface area contributed by atoms with Gasteiger partial charge in [0.2, 0.25) is 0 Å². The Bertz CT molecular complexity index is 1640. The van der Waals surface area contributed by atoms with Crippen molar-refractivity contribution in [3.05, 3.63) is 162 Å². The van der Waals surface area contributed by atoms with E-state index in [0.717, 1.165) is 32.6 Å². The fraction of sp³-hybridized carbons (Fsp3) is 0.0769. The molecule has 0 aliphatic heterocycles. The fourth-order valence-electron chi connectivity index (χ4n) is 5.69. The normalized spacial score (nSPS) is 11.4. The van der Waals surface area contributed by atoms with Crippen molar-refractivity contribution in [2.24, 2.45) is 0 Å². The second-order valence-electron chi connectivity index (χ2n) is 10.7. The van der Waals surface area contributed by atoms with Crippen molar-refractivity contribution in [3.63, 3.8) is 0 Å². The molecule has 0 unspecified atom stereocenters. The molecular formula is C39H33OP. The van der Waals surface area contributed by atoms with E-state index in [4.69, 9.17) is 0 Å². The molecule has 200 valence electrons. The van der Waals surface area contributed by atoms with E-state index in [0.29, 0.717) is 0 Å². The lowest BCUT2D eigenvalue weighted by Gasteiger charge is -2.21. The van der Waals surface area contributed by atoms with E-state index in [9.17, 15) is 0 Å². The molecule has 6 aromatic carbocycles. The van der Waals surface area contributed by atoms with Crippen molar-refractivity contribution < 1.29 is 4.57 Å². The lowest BCUT2D eigenvalue weighted by molar-refractivity contribution is 0.592. The topological polar surface area (TPSA) is 17.1 Å². The van der Waals surface area contributed by atoms with Crippen LogP contribution in [-0.2, 0) is 4.57 Å². The largest absolute Gasteiger partial charge is 0.309 e. The summed E-state index contributed by atoms with van der Waals surface area (Å²) in [6.45, 7) is 6.38. The number of hydrogen-bond acceptors (Lipinski definition) is 1. The summed E-state index contributed by atoms with van der Waals surface area (Å²) in [5.41, 5.74) is 10.6. The molecule has 0 saturated heterocycles. The first kappa shape index (κ1) is 26.8. The lowest BCUT2D eigenvalue weighted by atomic mass is 10.0. The van der Waals surface area contributed by atoms with Crippen LogP contribution in [0, 0.1) is 20.8 Å². The Morgan fingerprint density at radius 3 is 0.829 bits per heavy atom. The molecule has 2 heteroatoms. The fourth-order valence-corrected chi connectivity index (χ4v) is 8.29. The van der Waals surface area contributed by atoms with Crippen molar-refractivity contribution in [2.45, 2.75) is 20.8 Å². The lowest BCUT2D eigenvalue weighted by Crippen LogP contribution is -2.25. The molecule has 0 N–H and O–H groups in total. The summed E-state index contributed by atoms with van der Waals surface area (Å²) in [5, 5.41) is 2.51. The van der Waals surface area contributed by atoms with Crippen LogP contribution in [0.3, 0.4) is 0 Å². The zero-order chi connectivity index (χ0) is 28.4. The molecule has 0 fully saturated rings. The van der Waals surface area contributed by atoms with Crippen molar-refractivity contribution in [1.82, 2.24) is 0 Å². The van der Waals surface area contributed by atoms with Crippen LogP contribution in [0.15, 0.2) is 146 Å². The van der Waals surface area contributed by atoms with Gasteiger partial charge in [-0.1, -0.05) is 146 Å². The second-order valence-corrected chi connectivity index (χ2v) is 13.5. The van der Waals surface area contributed by atoms with Crippen molar-refractivity contribution in [3.8, 4) is 33.4 Å². The SMILES string of the molecule is Cc1ccccc1-c1ccc(P(=O)(c2ccc(-c3ccccc3C)cc2)c2ccc(-c3ccccc3C)cc2)cc1. The zero-order valence-electron chi connectivity index (χ0n) is 23.7. The van der Waals surface area contributed by atoms with E-state index in [1.165, 1.54) is 33.4 Å². The van der Waals surface area contributed by atoms with Gasteiger partial charge in [-0.3, -0.25) is 0 Å². The molecule has 0 amide bonds. The van der Waals surface area contributed by atoms with E-state index in [-0.39, 0.29) is 0 Å². The number of aryl methyl sites for hydroxylation is 3. The Morgan fingerprint density at radius 1 is 0.341 bits per heavy atom. The molecule has 6 aromatic rings. The highest BCUT2D eigenvalue weighted by Gasteiger charge is 2.30. The van der Waals surface area contributed by atoms with E-state index in [2.05, 4.69) is 130 Å². The van der Waals surface area contributed by atoms with Crippen molar-refractivity contribution in [1.29, 1.82) is 0 Å². The number of benzene rings is 6. The van der Waals surface area contributed by atoms with Crippen LogP contribution in [0.5, 0.6) is 0 Å². The van der Waals surface area contributed by atoms with E-state index in [1.54, 1.807) is 0 Å². The van der Waals surface area contributed by atoms with Crippen LogP contribution in [0.4, 0.5) is 0 Å². The molecule has 0 bridgehead atoms.